The first-order valence-electron chi connectivity index (χ1n) is 9.07. The number of amides is 3. The van der Waals surface area contributed by atoms with E-state index in [0.29, 0.717) is 22.9 Å². The van der Waals surface area contributed by atoms with Crippen LogP contribution in [0.25, 0.3) is 0 Å². The average Bonchev–Trinajstić information content (AvgIpc) is 3.10. The van der Waals surface area contributed by atoms with Gasteiger partial charge in [0.25, 0.3) is 5.91 Å². The lowest BCUT2D eigenvalue weighted by atomic mass is 10.2. The number of esters is 1. The molecule has 156 valence electrons. The highest BCUT2D eigenvalue weighted by Crippen LogP contribution is 2.29. The van der Waals surface area contributed by atoms with Crippen LogP contribution in [0.3, 0.4) is 0 Å². The van der Waals surface area contributed by atoms with Gasteiger partial charge in [0.1, 0.15) is 11.5 Å². The second-order valence-electron chi connectivity index (χ2n) is 6.36. The van der Waals surface area contributed by atoms with Gasteiger partial charge < -0.3 is 19.5 Å². The number of carbonyl (C=O) groups excluding carboxylic acids is 4. The number of benzene rings is 2. The van der Waals surface area contributed by atoms with Crippen molar-refractivity contribution in [2.45, 2.75) is 12.8 Å². The van der Waals surface area contributed by atoms with Crippen LogP contribution in [0.5, 0.6) is 11.5 Å². The van der Waals surface area contributed by atoms with Gasteiger partial charge in [-0.2, -0.15) is 0 Å². The van der Waals surface area contributed by atoms with Gasteiger partial charge in [0.2, 0.25) is 11.8 Å². The molecule has 0 aromatic heterocycles. The van der Waals surface area contributed by atoms with Gasteiger partial charge in [-0.15, -0.1) is 0 Å². The van der Waals surface area contributed by atoms with Crippen LogP contribution in [0.2, 0.25) is 0 Å². The Morgan fingerprint density at radius 3 is 2.40 bits per heavy atom. The van der Waals surface area contributed by atoms with Gasteiger partial charge in [-0.3, -0.25) is 19.3 Å². The summed E-state index contributed by atoms with van der Waals surface area (Å²) in [4.78, 5) is 49.2. The maximum atomic E-state index is 12.3. The minimum Gasteiger partial charge on any atom is -0.497 e. The molecule has 1 heterocycles. The molecule has 0 spiro atoms. The van der Waals surface area contributed by atoms with Crippen LogP contribution >= 0.6 is 0 Å². The molecule has 0 atom stereocenters. The summed E-state index contributed by atoms with van der Waals surface area (Å²) in [5.74, 6) is -1.01. The standard InChI is InChI=1S/C21H20N2O7/c1-28-15-6-7-16(17(11-15)29-2)22-18(24)12-30-21(27)13-4-3-5-14(10-13)23-19(25)8-9-20(23)26/h3-7,10-11H,8-9,12H2,1-2H3,(H,22,24). The second-order valence-corrected chi connectivity index (χ2v) is 6.36. The van der Waals surface area contributed by atoms with Gasteiger partial charge in [0, 0.05) is 18.9 Å². The fourth-order valence-electron chi connectivity index (χ4n) is 2.94. The molecule has 3 amide bonds. The molecule has 3 rings (SSSR count). The monoisotopic (exact) mass is 412 g/mol. The van der Waals surface area contributed by atoms with Crippen molar-refractivity contribution in [3.63, 3.8) is 0 Å². The Kier molecular flexibility index (Phi) is 6.31. The van der Waals surface area contributed by atoms with E-state index < -0.39 is 18.5 Å². The Labute approximate surface area is 172 Å². The summed E-state index contributed by atoms with van der Waals surface area (Å²) >= 11 is 0. The molecule has 0 aliphatic carbocycles. The molecule has 0 bridgehead atoms. The van der Waals surface area contributed by atoms with Gasteiger partial charge in [0.15, 0.2) is 6.61 Å². The first kappa shape index (κ1) is 20.8. The number of anilines is 2. The molecule has 1 fully saturated rings. The van der Waals surface area contributed by atoms with Gasteiger partial charge >= 0.3 is 5.97 Å². The van der Waals surface area contributed by atoms with E-state index in [9.17, 15) is 19.2 Å². The minimum atomic E-state index is -0.757. The highest BCUT2D eigenvalue weighted by molar-refractivity contribution is 6.20. The van der Waals surface area contributed by atoms with Crippen LogP contribution in [0.4, 0.5) is 11.4 Å². The predicted octanol–water partition coefficient (Wildman–Crippen LogP) is 2.15. The molecule has 1 saturated heterocycles. The van der Waals surface area contributed by atoms with Crippen LogP contribution in [-0.4, -0.2) is 44.5 Å². The predicted molar refractivity (Wildman–Crippen MR) is 107 cm³/mol. The number of nitrogens with zero attached hydrogens (tertiary/aromatic N) is 1. The van der Waals surface area contributed by atoms with E-state index in [1.807, 2.05) is 0 Å². The number of hydrogen-bond donors (Lipinski definition) is 1. The third-order valence-electron chi connectivity index (χ3n) is 4.41. The summed E-state index contributed by atoms with van der Waals surface area (Å²) in [6.07, 6.45) is 0.283. The average molecular weight is 412 g/mol. The van der Waals surface area contributed by atoms with Crippen molar-refractivity contribution >= 4 is 35.1 Å². The molecule has 30 heavy (non-hydrogen) atoms. The molecule has 1 aliphatic heterocycles. The van der Waals surface area contributed by atoms with E-state index in [1.54, 1.807) is 24.3 Å². The highest BCUT2D eigenvalue weighted by Gasteiger charge is 2.30. The Bertz CT molecular complexity index is 987. The van der Waals surface area contributed by atoms with Crippen molar-refractivity contribution in [2.75, 3.05) is 31.0 Å². The van der Waals surface area contributed by atoms with Crippen LogP contribution < -0.4 is 19.7 Å². The smallest absolute Gasteiger partial charge is 0.338 e. The van der Waals surface area contributed by atoms with Crippen molar-refractivity contribution in [3.05, 3.63) is 48.0 Å². The molecule has 1 N–H and O–H groups in total. The number of carbonyl (C=O) groups is 4. The quantitative estimate of drug-likeness (QED) is 0.548. The summed E-state index contributed by atoms with van der Waals surface area (Å²) in [7, 11) is 2.96. The number of ether oxygens (including phenoxy) is 3. The number of rotatable bonds is 7. The zero-order valence-electron chi connectivity index (χ0n) is 16.5. The first-order chi connectivity index (χ1) is 14.4. The van der Waals surface area contributed by atoms with Crippen LogP contribution in [-0.2, 0) is 19.1 Å². The number of hydrogen-bond acceptors (Lipinski definition) is 7. The summed E-state index contributed by atoms with van der Waals surface area (Å²) < 4.78 is 15.3. The SMILES string of the molecule is COc1ccc(NC(=O)COC(=O)c2cccc(N3C(=O)CCC3=O)c2)c(OC)c1. The molecule has 9 heteroatoms. The summed E-state index contributed by atoms with van der Waals surface area (Å²) in [6.45, 7) is -0.528. The van der Waals surface area contributed by atoms with E-state index in [0.717, 1.165) is 4.90 Å². The maximum absolute atomic E-state index is 12.3. The van der Waals surface area contributed by atoms with Crippen molar-refractivity contribution < 1.29 is 33.4 Å². The van der Waals surface area contributed by atoms with Crippen molar-refractivity contribution in [1.29, 1.82) is 0 Å². The van der Waals surface area contributed by atoms with Gasteiger partial charge in [0.05, 0.1) is 31.2 Å². The number of methoxy groups -OCH3 is 2. The molecule has 9 nitrogen and oxygen atoms in total. The lowest BCUT2D eigenvalue weighted by Crippen LogP contribution is -2.28. The van der Waals surface area contributed by atoms with Gasteiger partial charge in [-0.05, 0) is 30.3 Å². The van der Waals surface area contributed by atoms with Crippen LogP contribution in [0.15, 0.2) is 42.5 Å². The van der Waals surface area contributed by atoms with Crippen molar-refractivity contribution in [1.82, 2.24) is 0 Å². The number of imide groups is 1. The molecule has 2 aromatic carbocycles. The topological polar surface area (TPSA) is 111 Å². The molecule has 2 aromatic rings. The molecular weight excluding hydrogens is 392 g/mol. The van der Waals surface area contributed by atoms with Crippen molar-refractivity contribution in [2.24, 2.45) is 0 Å². The van der Waals surface area contributed by atoms with Crippen LogP contribution in [0, 0.1) is 0 Å². The highest BCUT2D eigenvalue weighted by atomic mass is 16.5. The molecule has 0 unspecified atom stereocenters. The lowest BCUT2D eigenvalue weighted by molar-refractivity contribution is -0.121. The van der Waals surface area contributed by atoms with E-state index >= 15 is 0 Å². The fourth-order valence-corrected chi connectivity index (χ4v) is 2.94. The Balaban J connectivity index is 1.62. The van der Waals surface area contributed by atoms with Gasteiger partial charge in [-0.25, -0.2) is 4.79 Å². The summed E-state index contributed by atoms with van der Waals surface area (Å²) in [5.41, 5.74) is 0.812. The lowest BCUT2D eigenvalue weighted by Gasteiger charge is -2.14. The van der Waals surface area contributed by atoms with E-state index in [2.05, 4.69) is 5.32 Å². The van der Waals surface area contributed by atoms with E-state index in [4.69, 9.17) is 14.2 Å². The molecular formula is C21H20N2O7. The molecule has 0 radical (unpaired) electrons. The second kappa shape index (κ2) is 9.08. The summed E-state index contributed by atoms with van der Waals surface area (Å²) in [5, 5.41) is 2.59. The minimum absolute atomic E-state index is 0.120. The Morgan fingerprint density at radius 1 is 1.00 bits per heavy atom. The van der Waals surface area contributed by atoms with Crippen LogP contribution in [0.1, 0.15) is 23.2 Å². The molecule has 1 aliphatic rings. The van der Waals surface area contributed by atoms with E-state index in [-0.39, 0.29) is 30.2 Å². The Hall–Kier alpha value is -3.88. The van der Waals surface area contributed by atoms with E-state index in [1.165, 1.54) is 32.4 Å². The largest absolute Gasteiger partial charge is 0.497 e. The van der Waals surface area contributed by atoms with Crippen molar-refractivity contribution in [3.8, 4) is 11.5 Å². The normalized spacial score (nSPS) is 13.2. The first-order valence-corrected chi connectivity index (χ1v) is 9.07. The van der Waals surface area contributed by atoms with Gasteiger partial charge in [-0.1, -0.05) is 6.07 Å². The fraction of sp³-hybridized carbons (Fsp3) is 0.238. The third-order valence-corrected chi connectivity index (χ3v) is 4.41. The molecule has 0 saturated carbocycles. The maximum Gasteiger partial charge on any atom is 0.338 e. The third kappa shape index (κ3) is 4.57. The zero-order valence-corrected chi connectivity index (χ0v) is 16.5. The summed E-state index contributed by atoms with van der Waals surface area (Å²) in [6, 6.07) is 10.8. The Morgan fingerprint density at radius 2 is 1.73 bits per heavy atom. The zero-order chi connectivity index (χ0) is 21.7. The number of nitrogens with one attached hydrogen (secondary N) is 1.